The van der Waals surface area contributed by atoms with E-state index in [1.807, 2.05) is 24.3 Å². The van der Waals surface area contributed by atoms with Gasteiger partial charge in [-0.2, -0.15) is 0 Å². The number of nitrogens with two attached hydrogens (primary N) is 1. The first-order valence-electron chi connectivity index (χ1n) is 6.18. The predicted molar refractivity (Wildman–Crippen MR) is 71.9 cm³/mol. The molecule has 1 unspecified atom stereocenters. The Morgan fingerprint density at radius 3 is 2.71 bits per heavy atom. The lowest BCUT2D eigenvalue weighted by atomic mass is 10.0. The summed E-state index contributed by atoms with van der Waals surface area (Å²) in [5.41, 5.74) is 7.86. The third-order valence-corrected chi connectivity index (χ3v) is 2.66. The van der Waals surface area contributed by atoms with Gasteiger partial charge in [0.2, 0.25) is 5.91 Å². The summed E-state index contributed by atoms with van der Waals surface area (Å²) in [7, 11) is 0. The molecule has 0 aliphatic rings. The van der Waals surface area contributed by atoms with E-state index in [-0.39, 0.29) is 5.91 Å². The number of hydrogen-bond donors (Lipinski definition) is 2. The van der Waals surface area contributed by atoms with Crippen molar-refractivity contribution in [1.29, 1.82) is 0 Å². The number of rotatable bonds is 5. The first-order chi connectivity index (χ1) is 8.02. The van der Waals surface area contributed by atoms with Crippen LogP contribution < -0.4 is 11.1 Å². The zero-order chi connectivity index (χ0) is 12.8. The summed E-state index contributed by atoms with van der Waals surface area (Å²) >= 11 is 0. The molecule has 17 heavy (non-hydrogen) atoms. The Morgan fingerprint density at radius 1 is 1.41 bits per heavy atom. The lowest BCUT2D eigenvalue weighted by Gasteiger charge is -2.14. The third kappa shape index (κ3) is 4.57. The van der Waals surface area contributed by atoms with Crippen molar-refractivity contribution in [1.82, 2.24) is 0 Å². The summed E-state index contributed by atoms with van der Waals surface area (Å²) in [6.45, 7) is 6.21. The maximum Gasteiger partial charge on any atom is 0.241 e. The van der Waals surface area contributed by atoms with Gasteiger partial charge in [-0.25, -0.2) is 0 Å². The van der Waals surface area contributed by atoms with Crippen molar-refractivity contribution in [2.45, 2.75) is 39.7 Å². The Hall–Kier alpha value is -1.35. The summed E-state index contributed by atoms with van der Waals surface area (Å²) in [6, 6.07) is 7.44. The Kier molecular flexibility index (Phi) is 5.16. The Morgan fingerprint density at radius 2 is 2.12 bits per heavy atom. The molecule has 0 aromatic heterocycles. The van der Waals surface area contributed by atoms with Crippen LogP contribution >= 0.6 is 0 Å². The molecule has 0 bridgehead atoms. The van der Waals surface area contributed by atoms with Gasteiger partial charge in [-0.15, -0.1) is 0 Å². The maximum absolute atomic E-state index is 11.8. The molecule has 1 amide bonds. The van der Waals surface area contributed by atoms with Crippen LogP contribution in [0.2, 0.25) is 0 Å². The highest BCUT2D eigenvalue weighted by Gasteiger charge is 2.14. The highest BCUT2D eigenvalue weighted by molar-refractivity contribution is 5.94. The van der Waals surface area contributed by atoms with Crippen molar-refractivity contribution in [2.24, 2.45) is 11.7 Å². The molecule has 94 valence electrons. The molecular formula is C14H22N2O. The van der Waals surface area contributed by atoms with E-state index in [9.17, 15) is 4.79 Å². The Balaban J connectivity index is 2.61. The molecule has 0 aliphatic carbocycles. The average molecular weight is 234 g/mol. The molecule has 0 aliphatic heterocycles. The number of benzene rings is 1. The summed E-state index contributed by atoms with van der Waals surface area (Å²) in [4.78, 5) is 11.8. The number of nitrogens with one attached hydrogen (secondary N) is 1. The largest absolute Gasteiger partial charge is 0.325 e. The highest BCUT2D eigenvalue weighted by Crippen LogP contribution is 2.12. The van der Waals surface area contributed by atoms with Gasteiger partial charge in [0.05, 0.1) is 6.04 Å². The van der Waals surface area contributed by atoms with E-state index in [1.165, 1.54) is 5.56 Å². The van der Waals surface area contributed by atoms with Gasteiger partial charge in [-0.05, 0) is 36.5 Å². The minimum atomic E-state index is -0.430. The normalized spacial score (nSPS) is 12.5. The molecule has 0 radical (unpaired) electrons. The van der Waals surface area contributed by atoms with Crippen LogP contribution in [-0.2, 0) is 11.2 Å². The van der Waals surface area contributed by atoms with E-state index in [2.05, 4.69) is 26.1 Å². The monoisotopic (exact) mass is 234 g/mol. The van der Waals surface area contributed by atoms with E-state index >= 15 is 0 Å². The van der Waals surface area contributed by atoms with Gasteiger partial charge in [0.25, 0.3) is 0 Å². The van der Waals surface area contributed by atoms with E-state index in [0.29, 0.717) is 12.3 Å². The number of aryl methyl sites for hydroxylation is 1. The van der Waals surface area contributed by atoms with Crippen LogP contribution in [0.5, 0.6) is 0 Å². The summed E-state index contributed by atoms with van der Waals surface area (Å²) in [6.07, 6.45) is 1.67. The van der Waals surface area contributed by atoms with Gasteiger partial charge < -0.3 is 11.1 Å². The first kappa shape index (κ1) is 13.7. The molecule has 0 spiro atoms. The van der Waals surface area contributed by atoms with Gasteiger partial charge in [-0.3, -0.25) is 4.79 Å². The Labute approximate surface area is 103 Å². The highest BCUT2D eigenvalue weighted by atomic mass is 16.2. The summed E-state index contributed by atoms with van der Waals surface area (Å²) < 4.78 is 0. The lowest BCUT2D eigenvalue weighted by Crippen LogP contribution is -2.36. The number of anilines is 1. The van der Waals surface area contributed by atoms with E-state index in [1.54, 1.807) is 0 Å². The minimum absolute atomic E-state index is 0.105. The van der Waals surface area contributed by atoms with Crippen molar-refractivity contribution in [3.05, 3.63) is 29.8 Å². The molecule has 0 saturated carbocycles. The lowest BCUT2D eigenvalue weighted by molar-refractivity contribution is -0.117. The molecular weight excluding hydrogens is 212 g/mol. The van der Waals surface area contributed by atoms with Crippen molar-refractivity contribution < 1.29 is 4.79 Å². The van der Waals surface area contributed by atoms with Crippen molar-refractivity contribution in [3.63, 3.8) is 0 Å². The van der Waals surface area contributed by atoms with Crippen LogP contribution in [0.3, 0.4) is 0 Å². The van der Waals surface area contributed by atoms with Crippen LogP contribution in [0.4, 0.5) is 5.69 Å². The molecule has 1 rings (SSSR count). The number of hydrogen-bond acceptors (Lipinski definition) is 2. The van der Waals surface area contributed by atoms with Crippen molar-refractivity contribution in [2.75, 3.05) is 5.32 Å². The molecule has 0 saturated heterocycles. The summed E-state index contributed by atoms with van der Waals surface area (Å²) in [5.74, 6) is 0.324. The molecule has 0 fully saturated rings. The van der Waals surface area contributed by atoms with Gasteiger partial charge in [-0.1, -0.05) is 32.9 Å². The van der Waals surface area contributed by atoms with Crippen LogP contribution in [0.1, 0.15) is 32.8 Å². The van der Waals surface area contributed by atoms with Crippen LogP contribution in [-0.4, -0.2) is 11.9 Å². The quantitative estimate of drug-likeness (QED) is 0.822. The number of carbonyl (C=O) groups excluding carboxylic acids is 1. The second-order valence-corrected chi connectivity index (χ2v) is 4.78. The SMILES string of the molecule is CCc1cccc(NC(=O)C(N)CC(C)C)c1. The second kappa shape index (κ2) is 6.40. The van der Waals surface area contributed by atoms with Crippen LogP contribution in [0.25, 0.3) is 0 Å². The van der Waals surface area contributed by atoms with Crippen LogP contribution in [0, 0.1) is 5.92 Å². The van der Waals surface area contributed by atoms with E-state index in [4.69, 9.17) is 5.73 Å². The van der Waals surface area contributed by atoms with Gasteiger partial charge in [0, 0.05) is 5.69 Å². The topological polar surface area (TPSA) is 55.1 Å². The minimum Gasteiger partial charge on any atom is -0.325 e. The molecule has 0 heterocycles. The molecule has 1 atom stereocenters. The maximum atomic E-state index is 11.8. The Bertz CT molecular complexity index is 374. The number of carbonyl (C=O) groups is 1. The third-order valence-electron chi connectivity index (χ3n) is 2.66. The zero-order valence-corrected chi connectivity index (χ0v) is 10.9. The standard InChI is InChI=1S/C14H22N2O/c1-4-11-6-5-7-12(9-11)16-14(17)13(15)8-10(2)3/h5-7,9-10,13H,4,8,15H2,1-3H3,(H,16,17). The molecule has 1 aromatic carbocycles. The molecule has 3 nitrogen and oxygen atoms in total. The molecule has 3 N–H and O–H groups in total. The van der Waals surface area contributed by atoms with E-state index < -0.39 is 6.04 Å². The molecule has 3 heteroatoms. The van der Waals surface area contributed by atoms with Gasteiger partial charge >= 0.3 is 0 Å². The second-order valence-electron chi connectivity index (χ2n) is 4.78. The zero-order valence-electron chi connectivity index (χ0n) is 10.9. The van der Waals surface area contributed by atoms with Gasteiger partial charge in [0.1, 0.15) is 0 Å². The predicted octanol–water partition coefficient (Wildman–Crippen LogP) is 2.56. The van der Waals surface area contributed by atoms with Gasteiger partial charge in [0.15, 0.2) is 0 Å². The fraction of sp³-hybridized carbons (Fsp3) is 0.500. The summed E-state index contributed by atoms with van der Waals surface area (Å²) in [5, 5.41) is 2.86. The van der Waals surface area contributed by atoms with Crippen molar-refractivity contribution in [3.8, 4) is 0 Å². The average Bonchev–Trinajstić information content (AvgIpc) is 2.28. The smallest absolute Gasteiger partial charge is 0.241 e. The van der Waals surface area contributed by atoms with Crippen molar-refractivity contribution >= 4 is 11.6 Å². The van der Waals surface area contributed by atoms with Crippen LogP contribution in [0.15, 0.2) is 24.3 Å². The fourth-order valence-electron chi connectivity index (χ4n) is 1.72. The number of amides is 1. The first-order valence-corrected chi connectivity index (χ1v) is 6.18. The fourth-order valence-corrected chi connectivity index (χ4v) is 1.72. The van der Waals surface area contributed by atoms with E-state index in [0.717, 1.165) is 12.1 Å². The molecule has 1 aromatic rings.